The summed E-state index contributed by atoms with van der Waals surface area (Å²) in [6.07, 6.45) is 3.63. The molecule has 6 heteroatoms. The normalized spacial score (nSPS) is 12.3. The molecule has 1 unspecified atom stereocenters. The van der Waals surface area contributed by atoms with Gasteiger partial charge in [0.1, 0.15) is 5.69 Å². The van der Waals surface area contributed by atoms with Crippen molar-refractivity contribution in [3.05, 3.63) is 62.5 Å². The lowest BCUT2D eigenvalue weighted by Gasteiger charge is -2.18. The Labute approximate surface area is 140 Å². The zero-order chi connectivity index (χ0) is 14.8. The molecule has 0 amide bonds. The molecule has 1 N–H and O–H groups in total. The van der Waals surface area contributed by atoms with E-state index in [0.29, 0.717) is 5.02 Å². The first-order chi connectivity index (χ1) is 10.1. The summed E-state index contributed by atoms with van der Waals surface area (Å²) in [5.74, 6) is 0. The molecule has 0 radical (unpaired) electrons. The van der Waals surface area contributed by atoms with Gasteiger partial charge in [0.25, 0.3) is 0 Å². The SMILES string of the molecule is CC(Nc1cccc(Cl)c1-n1cccn1)c1ccc(Br)s1. The molecule has 2 aromatic heterocycles. The van der Waals surface area contributed by atoms with Gasteiger partial charge in [0.05, 0.1) is 20.5 Å². The molecule has 21 heavy (non-hydrogen) atoms. The molecule has 1 atom stereocenters. The summed E-state index contributed by atoms with van der Waals surface area (Å²) in [6, 6.07) is 12.1. The highest BCUT2D eigenvalue weighted by Gasteiger charge is 2.14. The third kappa shape index (κ3) is 3.15. The van der Waals surface area contributed by atoms with Crippen molar-refractivity contribution in [1.29, 1.82) is 0 Å². The molecule has 0 aliphatic rings. The number of anilines is 1. The van der Waals surface area contributed by atoms with E-state index in [2.05, 4.69) is 45.4 Å². The zero-order valence-electron chi connectivity index (χ0n) is 11.3. The van der Waals surface area contributed by atoms with Crippen molar-refractivity contribution < 1.29 is 0 Å². The van der Waals surface area contributed by atoms with Crippen molar-refractivity contribution in [2.75, 3.05) is 5.32 Å². The second-order valence-corrected chi connectivity index (χ2v) is 7.50. The van der Waals surface area contributed by atoms with Gasteiger partial charge in [0.2, 0.25) is 0 Å². The Morgan fingerprint density at radius 3 is 2.81 bits per heavy atom. The third-order valence-corrected chi connectivity index (χ3v) is 5.22. The van der Waals surface area contributed by atoms with Crippen molar-refractivity contribution >= 4 is 44.6 Å². The fourth-order valence-corrected chi connectivity index (χ4v) is 3.82. The molecule has 0 bridgehead atoms. The number of nitrogens with one attached hydrogen (secondary N) is 1. The van der Waals surface area contributed by atoms with Crippen LogP contribution in [0.2, 0.25) is 5.02 Å². The van der Waals surface area contributed by atoms with Crippen molar-refractivity contribution in [3.8, 4) is 5.69 Å². The van der Waals surface area contributed by atoms with Gasteiger partial charge in [0, 0.05) is 17.3 Å². The van der Waals surface area contributed by atoms with E-state index in [4.69, 9.17) is 11.6 Å². The summed E-state index contributed by atoms with van der Waals surface area (Å²) in [5, 5.41) is 8.46. The van der Waals surface area contributed by atoms with Crippen LogP contribution >= 0.6 is 38.9 Å². The molecule has 0 aliphatic heterocycles. The second-order valence-electron chi connectivity index (χ2n) is 4.59. The van der Waals surface area contributed by atoms with Crippen molar-refractivity contribution in [1.82, 2.24) is 9.78 Å². The predicted octanol–water partition coefficient (Wildman–Crippen LogP) is 5.52. The van der Waals surface area contributed by atoms with Gasteiger partial charge in [-0.15, -0.1) is 11.3 Å². The highest BCUT2D eigenvalue weighted by molar-refractivity contribution is 9.11. The monoisotopic (exact) mass is 381 g/mol. The summed E-state index contributed by atoms with van der Waals surface area (Å²) >= 11 is 11.6. The van der Waals surface area contributed by atoms with E-state index < -0.39 is 0 Å². The number of thiophene rings is 1. The van der Waals surface area contributed by atoms with Crippen LogP contribution in [0.3, 0.4) is 0 Å². The Morgan fingerprint density at radius 1 is 1.29 bits per heavy atom. The molecule has 1 aromatic carbocycles. The molecule has 3 nitrogen and oxygen atoms in total. The first kappa shape index (κ1) is 14.6. The fraction of sp³-hybridized carbons (Fsp3) is 0.133. The lowest BCUT2D eigenvalue weighted by molar-refractivity contribution is 0.862. The molecule has 0 fully saturated rings. The van der Waals surface area contributed by atoms with E-state index in [1.165, 1.54) is 4.88 Å². The number of nitrogens with zero attached hydrogens (tertiary/aromatic N) is 2. The van der Waals surface area contributed by atoms with Crippen LogP contribution in [0.15, 0.2) is 52.6 Å². The van der Waals surface area contributed by atoms with E-state index in [1.807, 2.05) is 30.5 Å². The molecule has 3 rings (SSSR count). The number of benzene rings is 1. The number of hydrogen-bond donors (Lipinski definition) is 1. The van der Waals surface area contributed by atoms with Crippen LogP contribution in [0.4, 0.5) is 5.69 Å². The van der Waals surface area contributed by atoms with Crippen LogP contribution in [-0.2, 0) is 0 Å². The van der Waals surface area contributed by atoms with E-state index in [0.717, 1.165) is 15.2 Å². The minimum atomic E-state index is 0.189. The summed E-state index contributed by atoms with van der Waals surface area (Å²) in [5.41, 5.74) is 1.83. The smallest absolute Gasteiger partial charge is 0.106 e. The van der Waals surface area contributed by atoms with E-state index in [1.54, 1.807) is 22.2 Å². The average Bonchev–Trinajstić information content (AvgIpc) is 3.10. The third-order valence-electron chi connectivity index (χ3n) is 3.11. The Kier molecular flexibility index (Phi) is 4.33. The molecular formula is C15H13BrClN3S. The summed E-state index contributed by atoms with van der Waals surface area (Å²) in [7, 11) is 0. The van der Waals surface area contributed by atoms with Crippen LogP contribution in [0.1, 0.15) is 17.8 Å². The van der Waals surface area contributed by atoms with Crippen LogP contribution in [0.25, 0.3) is 5.69 Å². The first-order valence-electron chi connectivity index (χ1n) is 6.45. The highest BCUT2D eigenvalue weighted by atomic mass is 79.9. The molecule has 0 saturated carbocycles. The first-order valence-corrected chi connectivity index (χ1v) is 8.44. The maximum atomic E-state index is 6.35. The number of rotatable bonds is 4. The molecule has 0 spiro atoms. The van der Waals surface area contributed by atoms with Crippen molar-refractivity contribution in [2.24, 2.45) is 0 Å². The van der Waals surface area contributed by atoms with E-state index in [9.17, 15) is 0 Å². The van der Waals surface area contributed by atoms with Crippen LogP contribution < -0.4 is 5.32 Å². The van der Waals surface area contributed by atoms with Gasteiger partial charge in [-0.2, -0.15) is 5.10 Å². The lowest BCUT2D eigenvalue weighted by atomic mass is 10.2. The minimum absolute atomic E-state index is 0.189. The van der Waals surface area contributed by atoms with Gasteiger partial charge < -0.3 is 5.32 Å². The predicted molar refractivity (Wildman–Crippen MR) is 92.6 cm³/mol. The quantitative estimate of drug-likeness (QED) is 0.643. The average molecular weight is 383 g/mol. The second kappa shape index (κ2) is 6.22. The van der Waals surface area contributed by atoms with E-state index >= 15 is 0 Å². The Morgan fingerprint density at radius 2 is 2.14 bits per heavy atom. The van der Waals surface area contributed by atoms with Crippen LogP contribution in [0, 0.1) is 0 Å². The topological polar surface area (TPSA) is 29.9 Å². The summed E-state index contributed by atoms with van der Waals surface area (Å²) in [4.78, 5) is 1.26. The maximum absolute atomic E-state index is 6.35. The summed E-state index contributed by atoms with van der Waals surface area (Å²) in [6.45, 7) is 2.13. The number of halogens is 2. The van der Waals surface area contributed by atoms with Crippen LogP contribution in [-0.4, -0.2) is 9.78 Å². The molecule has 2 heterocycles. The van der Waals surface area contributed by atoms with Crippen molar-refractivity contribution in [2.45, 2.75) is 13.0 Å². The molecule has 0 saturated heterocycles. The van der Waals surface area contributed by atoms with Gasteiger partial charge in [-0.05, 0) is 53.2 Å². The molecular weight excluding hydrogens is 370 g/mol. The van der Waals surface area contributed by atoms with Gasteiger partial charge in [-0.25, -0.2) is 4.68 Å². The molecule has 108 valence electrons. The van der Waals surface area contributed by atoms with E-state index in [-0.39, 0.29) is 6.04 Å². The number of aromatic nitrogens is 2. The fourth-order valence-electron chi connectivity index (χ4n) is 2.13. The van der Waals surface area contributed by atoms with Gasteiger partial charge in [-0.3, -0.25) is 0 Å². The number of hydrogen-bond acceptors (Lipinski definition) is 3. The van der Waals surface area contributed by atoms with Crippen LogP contribution in [0.5, 0.6) is 0 Å². The van der Waals surface area contributed by atoms with Gasteiger partial charge >= 0.3 is 0 Å². The highest BCUT2D eigenvalue weighted by Crippen LogP contribution is 2.33. The standard InChI is InChI=1S/C15H13BrClN3S/c1-10(13-6-7-14(16)21-13)19-12-5-2-4-11(17)15(12)20-9-3-8-18-20/h2-10,19H,1H3. The van der Waals surface area contributed by atoms with Gasteiger partial charge in [-0.1, -0.05) is 17.7 Å². The summed E-state index contributed by atoms with van der Waals surface area (Å²) < 4.78 is 2.91. The number of para-hydroxylation sites is 1. The largest absolute Gasteiger partial charge is 0.376 e. The molecule has 3 aromatic rings. The Bertz CT molecular complexity index is 739. The Hall–Kier alpha value is -1.30. The molecule has 0 aliphatic carbocycles. The lowest BCUT2D eigenvalue weighted by Crippen LogP contribution is -2.09. The van der Waals surface area contributed by atoms with Gasteiger partial charge in [0.15, 0.2) is 0 Å². The maximum Gasteiger partial charge on any atom is 0.106 e. The minimum Gasteiger partial charge on any atom is -0.376 e. The Balaban J connectivity index is 1.94. The van der Waals surface area contributed by atoms with Crippen molar-refractivity contribution in [3.63, 3.8) is 0 Å². The zero-order valence-corrected chi connectivity index (χ0v) is 14.4.